The van der Waals surface area contributed by atoms with Crippen molar-refractivity contribution >= 4 is 5.82 Å². The second kappa shape index (κ2) is 4.46. The molecule has 0 amide bonds. The second-order valence-corrected chi connectivity index (χ2v) is 3.90. The van der Waals surface area contributed by atoms with Gasteiger partial charge < -0.3 is 10.6 Å². The number of anilines is 1. The molecule has 0 saturated carbocycles. The molecule has 0 aromatic carbocycles. The molecule has 1 fully saturated rings. The van der Waals surface area contributed by atoms with Gasteiger partial charge >= 0.3 is 0 Å². The van der Waals surface area contributed by atoms with Crippen molar-refractivity contribution < 1.29 is 0 Å². The van der Waals surface area contributed by atoms with Crippen molar-refractivity contribution in [1.29, 1.82) is 0 Å². The summed E-state index contributed by atoms with van der Waals surface area (Å²) in [5, 5.41) is 11.1. The van der Waals surface area contributed by atoms with E-state index in [0.717, 1.165) is 18.9 Å². The van der Waals surface area contributed by atoms with Gasteiger partial charge in [0.25, 0.3) is 0 Å². The number of rotatable bonds is 3. The third-order valence-corrected chi connectivity index (χ3v) is 2.66. The van der Waals surface area contributed by atoms with Crippen molar-refractivity contribution in [3.63, 3.8) is 0 Å². The number of nitrogens with one attached hydrogen (secondary N) is 2. The standard InChI is InChI=1S/C10H18N4/c1-14-7-5-10(13-14)12-8-9-4-2-3-6-11-9/h5,7,9,11H,2-4,6,8H2,1H3,(H,12,13). The Morgan fingerprint density at radius 3 is 3.21 bits per heavy atom. The van der Waals surface area contributed by atoms with Crippen LogP contribution in [0.25, 0.3) is 0 Å². The highest BCUT2D eigenvalue weighted by Gasteiger charge is 2.11. The zero-order chi connectivity index (χ0) is 9.80. The van der Waals surface area contributed by atoms with E-state index in [1.165, 1.54) is 19.3 Å². The third-order valence-electron chi connectivity index (χ3n) is 2.66. The predicted molar refractivity (Wildman–Crippen MR) is 57.3 cm³/mol. The van der Waals surface area contributed by atoms with Crippen LogP contribution < -0.4 is 10.6 Å². The molecule has 0 aliphatic carbocycles. The van der Waals surface area contributed by atoms with Gasteiger partial charge in [-0.05, 0) is 19.4 Å². The summed E-state index contributed by atoms with van der Waals surface area (Å²) in [6.45, 7) is 2.14. The summed E-state index contributed by atoms with van der Waals surface area (Å²) in [6, 6.07) is 2.62. The highest BCUT2D eigenvalue weighted by Crippen LogP contribution is 2.08. The molecule has 14 heavy (non-hydrogen) atoms. The van der Waals surface area contributed by atoms with E-state index in [-0.39, 0.29) is 0 Å². The fraction of sp³-hybridized carbons (Fsp3) is 0.700. The lowest BCUT2D eigenvalue weighted by Crippen LogP contribution is -2.39. The van der Waals surface area contributed by atoms with Gasteiger partial charge in [0.05, 0.1) is 0 Å². The molecule has 4 heteroatoms. The maximum atomic E-state index is 4.27. The fourth-order valence-corrected chi connectivity index (χ4v) is 1.84. The Morgan fingerprint density at radius 1 is 1.64 bits per heavy atom. The van der Waals surface area contributed by atoms with Gasteiger partial charge in [-0.15, -0.1) is 0 Å². The minimum atomic E-state index is 0.616. The maximum absolute atomic E-state index is 4.27. The van der Waals surface area contributed by atoms with Crippen molar-refractivity contribution in [3.05, 3.63) is 12.3 Å². The Bertz CT molecular complexity index is 275. The van der Waals surface area contributed by atoms with Gasteiger partial charge in [-0.3, -0.25) is 4.68 Å². The SMILES string of the molecule is Cn1ccc(NCC2CCCCN2)n1. The summed E-state index contributed by atoms with van der Waals surface area (Å²) < 4.78 is 1.82. The maximum Gasteiger partial charge on any atom is 0.148 e. The molecule has 0 radical (unpaired) electrons. The van der Waals surface area contributed by atoms with E-state index >= 15 is 0 Å². The van der Waals surface area contributed by atoms with Gasteiger partial charge in [-0.25, -0.2) is 0 Å². The predicted octanol–water partition coefficient (Wildman–Crippen LogP) is 0.974. The minimum absolute atomic E-state index is 0.616. The van der Waals surface area contributed by atoms with Gasteiger partial charge in [-0.1, -0.05) is 6.42 Å². The summed E-state index contributed by atoms with van der Waals surface area (Å²) in [4.78, 5) is 0. The molecule has 1 aromatic rings. The molecule has 78 valence electrons. The molecule has 2 heterocycles. The monoisotopic (exact) mass is 194 g/mol. The molecule has 1 atom stereocenters. The van der Waals surface area contributed by atoms with Crippen LogP contribution in [0.2, 0.25) is 0 Å². The van der Waals surface area contributed by atoms with E-state index in [9.17, 15) is 0 Å². The quantitative estimate of drug-likeness (QED) is 0.753. The summed E-state index contributed by atoms with van der Waals surface area (Å²) >= 11 is 0. The first kappa shape index (κ1) is 9.52. The van der Waals surface area contributed by atoms with Crippen LogP contribution in [0.3, 0.4) is 0 Å². The van der Waals surface area contributed by atoms with Crippen molar-refractivity contribution in [2.45, 2.75) is 25.3 Å². The second-order valence-electron chi connectivity index (χ2n) is 3.90. The van der Waals surface area contributed by atoms with Crippen LogP contribution in [0.5, 0.6) is 0 Å². The Morgan fingerprint density at radius 2 is 2.57 bits per heavy atom. The van der Waals surface area contributed by atoms with Crippen LogP contribution in [-0.2, 0) is 7.05 Å². The van der Waals surface area contributed by atoms with Gasteiger partial charge in [-0.2, -0.15) is 5.10 Å². The summed E-state index contributed by atoms with van der Waals surface area (Å²) in [7, 11) is 1.93. The lowest BCUT2D eigenvalue weighted by Gasteiger charge is -2.23. The number of piperidine rings is 1. The van der Waals surface area contributed by atoms with Crippen molar-refractivity contribution in [2.24, 2.45) is 7.05 Å². The van der Waals surface area contributed by atoms with E-state index in [4.69, 9.17) is 0 Å². The number of aromatic nitrogens is 2. The average Bonchev–Trinajstić information content (AvgIpc) is 2.63. The molecule has 1 unspecified atom stereocenters. The smallest absolute Gasteiger partial charge is 0.148 e. The Labute approximate surface area is 84.7 Å². The largest absolute Gasteiger partial charge is 0.367 e. The molecule has 2 rings (SSSR count). The summed E-state index contributed by atoms with van der Waals surface area (Å²) in [5.41, 5.74) is 0. The first-order chi connectivity index (χ1) is 6.84. The number of hydrogen-bond donors (Lipinski definition) is 2. The molecule has 1 saturated heterocycles. The lowest BCUT2D eigenvalue weighted by atomic mass is 10.1. The Balaban J connectivity index is 1.76. The molecule has 1 aliphatic rings. The van der Waals surface area contributed by atoms with E-state index in [1.54, 1.807) is 0 Å². The zero-order valence-electron chi connectivity index (χ0n) is 8.66. The Hall–Kier alpha value is -1.03. The fourth-order valence-electron chi connectivity index (χ4n) is 1.84. The van der Waals surface area contributed by atoms with E-state index < -0.39 is 0 Å². The first-order valence-corrected chi connectivity index (χ1v) is 5.31. The molecule has 1 aliphatic heterocycles. The van der Waals surface area contributed by atoms with Crippen LogP contribution in [0.4, 0.5) is 5.82 Å². The van der Waals surface area contributed by atoms with Gasteiger partial charge in [0.2, 0.25) is 0 Å². The van der Waals surface area contributed by atoms with Crippen molar-refractivity contribution in [2.75, 3.05) is 18.4 Å². The average molecular weight is 194 g/mol. The normalized spacial score (nSPS) is 22.2. The number of hydrogen-bond acceptors (Lipinski definition) is 3. The lowest BCUT2D eigenvalue weighted by molar-refractivity contribution is 0.414. The molecule has 0 bridgehead atoms. The van der Waals surface area contributed by atoms with E-state index in [1.807, 2.05) is 24.0 Å². The number of aryl methyl sites for hydroxylation is 1. The van der Waals surface area contributed by atoms with Crippen molar-refractivity contribution in [1.82, 2.24) is 15.1 Å². The van der Waals surface area contributed by atoms with Crippen LogP contribution in [0.1, 0.15) is 19.3 Å². The summed E-state index contributed by atoms with van der Waals surface area (Å²) in [6.07, 6.45) is 5.90. The van der Waals surface area contributed by atoms with Gasteiger partial charge in [0, 0.05) is 31.9 Å². The molecule has 2 N–H and O–H groups in total. The van der Waals surface area contributed by atoms with E-state index in [2.05, 4.69) is 15.7 Å². The molecular formula is C10H18N4. The first-order valence-electron chi connectivity index (χ1n) is 5.31. The van der Waals surface area contributed by atoms with Crippen LogP contribution in [0.15, 0.2) is 12.3 Å². The number of nitrogens with zero attached hydrogens (tertiary/aromatic N) is 2. The van der Waals surface area contributed by atoms with Crippen LogP contribution in [-0.4, -0.2) is 28.9 Å². The third kappa shape index (κ3) is 2.48. The molecule has 4 nitrogen and oxygen atoms in total. The highest BCUT2D eigenvalue weighted by molar-refractivity contribution is 5.32. The zero-order valence-corrected chi connectivity index (χ0v) is 8.66. The highest BCUT2D eigenvalue weighted by atomic mass is 15.3. The molecule has 1 aromatic heterocycles. The van der Waals surface area contributed by atoms with Crippen LogP contribution in [0, 0.1) is 0 Å². The van der Waals surface area contributed by atoms with E-state index in [0.29, 0.717) is 6.04 Å². The molecular weight excluding hydrogens is 176 g/mol. The summed E-state index contributed by atoms with van der Waals surface area (Å²) in [5.74, 6) is 0.972. The van der Waals surface area contributed by atoms with Crippen molar-refractivity contribution in [3.8, 4) is 0 Å². The van der Waals surface area contributed by atoms with Gasteiger partial charge in [0.15, 0.2) is 0 Å². The van der Waals surface area contributed by atoms with Gasteiger partial charge in [0.1, 0.15) is 5.82 Å². The Kier molecular flexibility index (Phi) is 3.03. The topological polar surface area (TPSA) is 41.9 Å². The minimum Gasteiger partial charge on any atom is -0.367 e. The molecule has 0 spiro atoms. The van der Waals surface area contributed by atoms with Crippen LogP contribution >= 0.6 is 0 Å².